The van der Waals surface area contributed by atoms with Gasteiger partial charge in [-0.2, -0.15) is 0 Å². The quantitative estimate of drug-likeness (QED) is 0.578. The molecule has 0 aliphatic rings. The van der Waals surface area contributed by atoms with Gasteiger partial charge in [-0.3, -0.25) is 0 Å². The average molecular weight is 320 g/mol. The number of benzene rings is 1. The predicted octanol–water partition coefficient (Wildman–Crippen LogP) is 3.01. The molecular formula is C13H18BrClNO+. The molecule has 1 aromatic carbocycles. The van der Waals surface area contributed by atoms with Crippen molar-refractivity contribution in [2.45, 2.75) is 12.8 Å². The van der Waals surface area contributed by atoms with Crippen molar-refractivity contribution in [3.63, 3.8) is 0 Å². The van der Waals surface area contributed by atoms with Crippen LogP contribution in [0.2, 0.25) is 5.02 Å². The molecule has 0 heterocycles. The summed E-state index contributed by atoms with van der Waals surface area (Å²) in [4.78, 5) is 0. The van der Waals surface area contributed by atoms with Gasteiger partial charge in [0.25, 0.3) is 0 Å². The first-order valence-electron chi connectivity index (χ1n) is 5.74. The zero-order valence-electron chi connectivity index (χ0n) is 9.79. The minimum absolute atomic E-state index is 0.651. The van der Waals surface area contributed by atoms with Gasteiger partial charge >= 0.3 is 0 Å². The normalized spacial score (nSPS) is 10.2. The van der Waals surface area contributed by atoms with E-state index in [0.29, 0.717) is 11.6 Å². The van der Waals surface area contributed by atoms with Gasteiger partial charge in [0.05, 0.1) is 24.7 Å². The van der Waals surface area contributed by atoms with E-state index >= 15 is 0 Å². The fourth-order valence-corrected chi connectivity index (χ4v) is 2.13. The molecule has 0 amide bonds. The second kappa shape index (κ2) is 8.56. The van der Waals surface area contributed by atoms with Crippen LogP contribution in [0.3, 0.4) is 0 Å². The Bertz CT molecular complexity index is 357. The van der Waals surface area contributed by atoms with E-state index in [-0.39, 0.29) is 0 Å². The molecule has 0 atom stereocenters. The Balaban J connectivity index is 2.15. The molecule has 0 saturated heterocycles. The van der Waals surface area contributed by atoms with Gasteiger partial charge in [-0.15, -0.1) is 0 Å². The van der Waals surface area contributed by atoms with Crippen molar-refractivity contribution >= 4 is 27.5 Å². The van der Waals surface area contributed by atoms with Crippen LogP contribution in [0.5, 0.6) is 5.75 Å². The van der Waals surface area contributed by atoms with Gasteiger partial charge in [0.1, 0.15) is 5.75 Å². The topological polar surface area (TPSA) is 25.8 Å². The Morgan fingerprint density at radius 2 is 2.24 bits per heavy atom. The first-order valence-corrected chi connectivity index (χ1v) is 6.91. The van der Waals surface area contributed by atoms with Crippen molar-refractivity contribution in [2.75, 3.05) is 19.7 Å². The Morgan fingerprint density at radius 1 is 1.41 bits per heavy atom. The van der Waals surface area contributed by atoms with Crippen molar-refractivity contribution in [3.05, 3.63) is 40.3 Å². The lowest BCUT2D eigenvalue weighted by Crippen LogP contribution is -2.83. The molecule has 0 bridgehead atoms. The summed E-state index contributed by atoms with van der Waals surface area (Å²) in [6.45, 7) is 6.49. The summed E-state index contributed by atoms with van der Waals surface area (Å²) in [5.41, 5.74) is 0. The third kappa shape index (κ3) is 6.10. The monoisotopic (exact) mass is 318 g/mol. The van der Waals surface area contributed by atoms with E-state index < -0.39 is 0 Å². The molecule has 0 spiro atoms. The standard InChI is InChI=1S/C13H17BrClNO/c1-2-7-16-8-3-4-9-17-13-6-5-11(14)10-12(13)15/h2,5-6,10,16H,1,3-4,7-9H2/p+1. The lowest BCUT2D eigenvalue weighted by molar-refractivity contribution is -0.646. The highest BCUT2D eigenvalue weighted by Gasteiger charge is 2.01. The Morgan fingerprint density at radius 3 is 2.94 bits per heavy atom. The molecule has 94 valence electrons. The Labute approximate surface area is 116 Å². The third-order valence-corrected chi connectivity index (χ3v) is 3.08. The molecule has 2 N–H and O–H groups in total. The number of nitrogens with two attached hydrogens (primary N) is 1. The first-order chi connectivity index (χ1) is 8.24. The molecule has 0 unspecified atom stereocenters. The Kier molecular flexibility index (Phi) is 7.33. The molecule has 0 aromatic heterocycles. The van der Waals surface area contributed by atoms with Gasteiger partial charge < -0.3 is 10.1 Å². The number of ether oxygens (including phenoxy) is 1. The maximum Gasteiger partial charge on any atom is 0.137 e. The summed E-state index contributed by atoms with van der Waals surface area (Å²) in [6.07, 6.45) is 4.10. The maximum absolute atomic E-state index is 6.04. The molecule has 0 saturated carbocycles. The highest BCUT2D eigenvalue weighted by Crippen LogP contribution is 2.27. The van der Waals surface area contributed by atoms with Gasteiger partial charge in [0.2, 0.25) is 0 Å². The van der Waals surface area contributed by atoms with E-state index in [9.17, 15) is 0 Å². The molecule has 17 heavy (non-hydrogen) atoms. The minimum Gasteiger partial charge on any atom is -0.492 e. The van der Waals surface area contributed by atoms with Gasteiger partial charge in [0.15, 0.2) is 0 Å². The number of hydrogen-bond donors (Lipinski definition) is 1. The molecule has 0 aliphatic carbocycles. The SMILES string of the molecule is C=CC[NH2+]CCCCOc1ccc(Br)cc1Cl. The van der Waals surface area contributed by atoms with E-state index in [1.165, 1.54) is 0 Å². The third-order valence-electron chi connectivity index (χ3n) is 2.29. The van der Waals surface area contributed by atoms with Gasteiger partial charge in [-0.05, 0) is 37.1 Å². The number of halogens is 2. The van der Waals surface area contributed by atoms with Crippen LogP contribution in [0.4, 0.5) is 0 Å². The van der Waals surface area contributed by atoms with Crippen molar-refractivity contribution in [3.8, 4) is 5.75 Å². The van der Waals surface area contributed by atoms with Crippen LogP contribution in [-0.2, 0) is 0 Å². The van der Waals surface area contributed by atoms with Crippen LogP contribution < -0.4 is 10.1 Å². The molecule has 4 heteroatoms. The van der Waals surface area contributed by atoms with Gasteiger partial charge in [-0.25, -0.2) is 0 Å². The molecule has 1 aromatic rings. The number of rotatable bonds is 8. The second-order valence-electron chi connectivity index (χ2n) is 3.73. The van der Waals surface area contributed by atoms with Crippen LogP contribution in [0.1, 0.15) is 12.8 Å². The smallest absolute Gasteiger partial charge is 0.137 e. The van der Waals surface area contributed by atoms with Crippen molar-refractivity contribution in [2.24, 2.45) is 0 Å². The second-order valence-corrected chi connectivity index (χ2v) is 5.05. The van der Waals surface area contributed by atoms with Crippen LogP contribution in [-0.4, -0.2) is 19.7 Å². The van der Waals surface area contributed by atoms with Crippen LogP contribution in [0.25, 0.3) is 0 Å². The predicted molar refractivity (Wildman–Crippen MR) is 75.7 cm³/mol. The lowest BCUT2D eigenvalue weighted by atomic mass is 10.3. The number of hydrogen-bond acceptors (Lipinski definition) is 1. The molecule has 0 fully saturated rings. The summed E-state index contributed by atoms with van der Waals surface area (Å²) in [5.74, 6) is 0.755. The summed E-state index contributed by atoms with van der Waals surface area (Å²) in [6, 6.07) is 5.66. The van der Waals surface area contributed by atoms with E-state index in [2.05, 4.69) is 27.8 Å². The van der Waals surface area contributed by atoms with Crippen LogP contribution in [0, 0.1) is 0 Å². The van der Waals surface area contributed by atoms with Crippen LogP contribution in [0.15, 0.2) is 35.3 Å². The van der Waals surface area contributed by atoms with E-state index in [0.717, 1.165) is 36.2 Å². The van der Waals surface area contributed by atoms with Crippen LogP contribution >= 0.6 is 27.5 Å². The zero-order valence-corrected chi connectivity index (χ0v) is 12.1. The molecule has 0 radical (unpaired) electrons. The van der Waals surface area contributed by atoms with E-state index in [1.54, 1.807) is 0 Å². The molecule has 0 aliphatic heterocycles. The van der Waals surface area contributed by atoms with Gasteiger partial charge in [0, 0.05) is 4.47 Å². The molecule has 1 rings (SSSR count). The summed E-state index contributed by atoms with van der Waals surface area (Å²) >= 11 is 9.40. The fourth-order valence-electron chi connectivity index (χ4n) is 1.40. The Hall–Kier alpha value is -0.510. The zero-order chi connectivity index (χ0) is 12.5. The minimum atomic E-state index is 0.651. The largest absolute Gasteiger partial charge is 0.492 e. The lowest BCUT2D eigenvalue weighted by Gasteiger charge is -2.07. The highest BCUT2D eigenvalue weighted by molar-refractivity contribution is 9.10. The summed E-state index contributed by atoms with van der Waals surface area (Å²) < 4.78 is 6.58. The summed E-state index contributed by atoms with van der Waals surface area (Å²) in [7, 11) is 0. The maximum atomic E-state index is 6.04. The van der Waals surface area contributed by atoms with Crippen molar-refractivity contribution in [1.82, 2.24) is 0 Å². The first kappa shape index (κ1) is 14.6. The summed E-state index contributed by atoms with van der Waals surface area (Å²) in [5, 5.41) is 2.89. The number of unbranched alkanes of at least 4 members (excludes halogenated alkanes) is 1. The fraction of sp³-hybridized carbons (Fsp3) is 0.385. The number of quaternary nitrogens is 1. The highest BCUT2D eigenvalue weighted by atomic mass is 79.9. The van der Waals surface area contributed by atoms with Gasteiger partial charge in [-0.1, -0.05) is 34.1 Å². The van der Waals surface area contributed by atoms with E-state index in [1.807, 2.05) is 24.3 Å². The average Bonchev–Trinajstić information content (AvgIpc) is 2.30. The molecule has 2 nitrogen and oxygen atoms in total. The van der Waals surface area contributed by atoms with Crippen molar-refractivity contribution < 1.29 is 10.1 Å². The van der Waals surface area contributed by atoms with E-state index in [4.69, 9.17) is 16.3 Å². The molecular weight excluding hydrogens is 302 g/mol. The van der Waals surface area contributed by atoms with Crippen molar-refractivity contribution in [1.29, 1.82) is 0 Å².